The molecule has 0 aromatic heterocycles. The van der Waals surface area contributed by atoms with Crippen molar-refractivity contribution in [3.8, 4) is 0 Å². The molecule has 3 rings (SSSR count). The smallest absolute Gasteiger partial charge is 0.253 e. The fourth-order valence-electron chi connectivity index (χ4n) is 5.09. The molecule has 6 heteroatoms. The van der Waals surface area contributed by atoms with Crippen molar-refractivity contribution in [3.05, 3.63) is 70.8 Å². The molecule has 0 saturated carbocycles. The number of benzene rings is 2. The Hall–Kier alpha value is -1.99. The molecule has 0 spiro atoms. The quantitative estimate of drug-likeness (QED) is 0.441. The van der Waals surface area contributed by atoms with Crippen LogP contribution in [0.5, 0.6) is 0 Å². The number of amides is 1. The average molecular weight is 510 g/mol. The lowest BCUT2D eigenvalue weighted by Crippen LogP contribution is -2.55. The second kappa shape index (κ2) is 11.6. The highest BCUT2D eigenvalue weighted by Crippen LogP contribution is 2.40. The number of nitrogens with zero attached hydrogens (tertiary/aromatic N) is 2. The summed E-state index contributed by atoms with van der Waals surface area (Å²) in [6.45, 7) is 20.4. The highest BCUT2D eigenvalue weighted by molar-refractivity contribution is 6.72. The van der Waals surface area contributed by atoms with Crippen LogP contribution in [0.3, 0.4) is 0 Å². The number of piperazine rings is 1. The summed E-state index contributed by atoms with van der Waals surface area (Å²) in [5, 5.41) is 3.49. The van der Waals surface area contributed by atoms with Crippen LogP contribution in [0.25, 0.3) is 0 Å². The summed E-state index contributed by atoms with van der Waals surface area (Å²) in [6, 6.07) is 18.1. The lowest BCUT2D eigenvalue weighted by atomic mass is 9.91. The van der Waals surface area contributed by atoms with Crippen molar-refractivity contribution in [2.75, 3.05) is 26.2 Å². The zero-order valence-electron chi connectivity index (χ0n) is 23.6. The first kappa shape index (κ1) is 28.6. The van der Waals surface area contributed by atoms with Gasteiger partial charge in [0.1, 0.15) is 0 Å². The molecule has 5 nitrogen and oxygen atoms in total. The first-order valence-electron chi connectivity index (χ1n) is 13.6. The van der Waals surface area contributed by atoms with E-state index in [1.807, 2.05) is 44.0 Å². The van der Waals surface area contributed by atoms with Crippen LogP contribution in [0, 0.1) is 0 Å². The Bertz CT molecular complexity index is 1010. The molecule has 1 fully saturated rings. The third-order valence-corrected chi connectivity index (χ3v) is 11.7. The summed E-state index contributed by atoms with van der Waals surface area (Å²) in [6.07, 6.45) is 0.855. The van der Waals surface area contributed by atoms with E-state index >= 15 is 0 Å². The van der Waals surface area contributed by atoms with E-state index < -0.39 is 8.32 Å². The molecule has 0 bridgehead atoms. The fourth-order valence-corrected chi connectivity index (χ4v) is 5.72. The van der Waals surface area contributed by atoms with Gasteiger partial charge in [0.05, 0.1) is 6.04 Å². The fraction of sp³-hybridized carbons (Fsp3) is 0.567. The SMILES string of the molecule is CCN(CC)C(=O)c1ccc([C@H](c2cccc(CC(C)(C)[Si](C)(C)O)c2)N2C[C@@H](C)NC[C@@H]2C)cc1. The molecular weight excluding hydrogens is 462 g/mol. The molecule has 0 unspecified atom stereocenters. The van der Waals surface area contributed by atoms with Crippen LogP contribution >= 0.6 is 0 Å². The largest absolute Gasteiger partial charge is 0.432 e. The molecule has 1 aliphatic heterocycles. The molecule has 198 valence electrons. The summed E-state index contributed by atoms with van der Waals surface area (Å²) in [4.78, 5) is 28.2. The van der Waals surface area contributed by atoms with E-state index in [0.29, 0.717) is 25.2 Å². The second-order valence-electron chi connectivity index (χ2n) is 11.7. The van der Waals surface area contributed by atoms with E-state index in [0.717, 1.165) is 25.1 Å². The van der Waals surface area contributed by atoms with Crippen LogP contribution in [-0.4, -0.2) is 67.1 Å². The topological polar surface area (TPSA) is 55.8 Å². The Morgan fingerprint density at radius 3 is 2.33 bits per heavy atom. The van der Waals surface area contributed by atoms with E-state index in [1.54, 1.807) is 0 Å². The molecule has 1 aliphatic rings. The van der Waals surface area contributed by atoms with E-state index in [-0.39, 0.29) is 17.0 Å². The summed E-state index contributed by atoms with van der Waals surface area (Å²) in [5.74, 6) is 0.0901. The van der Waals surface area contributed by atoms with Gasteiger partial charge in [-0.2, -0.15) is 0 Å². The molecule has 2 aromatic carbocycles. The van der Waals surface area contributed by atoms with Crippen molar-refractivity contribution in [2.45, 2.75) is 84.2 Å². The zero-order valence-corrected chi connectivity index (χ0v) is 24.6. The number of nitrogens with one attached hydrogen (secondary N) is 1. The van der Waals surface area contributed by atoms with Crippen LogP contribution in [0.2, 0.25) is 18.1 Å². The number of carbonyl (C=O) groups excluding carboxylic acids is 1. The third-order valence-electron chi connectivity index (χ3n) is 8.24. The lowest BCUT2D eigenvalue weighted by Gasteiger charge is -2.43. The minimum absolute atomic E-state index is 0.0901. The van der Waals surface area contributed by atoms with Gasteiger partial charge in [-0.3, -0.25) is 9.69 Å². The highest BCUT2D eigenvalue weighted by Gasteiger charge is 2.38. The number of hydrogen-bond donors (Lipinski definition) is 2. The second-order valence-corrected chi connectivity index (χ2v) is 16.2. The molecule has 2 aromatic rings. The standard InChI is InChI=1S/C30H47N3O2Si/c1-9-32(10-2)29(34)26-16-14-25(15-17-26)28(33-21-22(3)31-20-23(33)4)27-13-11-12-24(18-27)19-30(5,6)36(7,8)35/h11-18,22-23,28,31,35H,9-10,19-21H2,1-8H3/t22-,23+,28-/m1/s1. The van der Waals surface area contributed by atoms with Crippen molar-refractivity contribution >= 4 is 14.2 Å². The van der Waals surface area contributed by atoms with Gasteiger partial charge in [-0.15, -0.1) is 0 Å². The maximum atomic E-state index is 12.9. The first-order valence-corrected chi connectivity index (χ1v) is 16.5. The molecule has 0 radical (unpaired) electrons. The predicted octanol–water partition coefficient (Wildman–Crippen LogP) is 5.46. The van der Waals surface area contributed by atoms with Gasteiger partial charge < -0.3 is 15.0 Å². The maximum Gasteiger partial charge on any atom is 0.253 e. The van der Waals surface area contributed by atoms with Gasteiger partial charge in [-0.05, 0) is 81.1 Å². The normalized spacial score (nSPS) is 20.2. The summed E-state index contributed by atoms with van der Waals surface area (Å²) in [5.41, 5.74) is 4.49. The van der Waals surface area contributed by atoms with Crippen LogP contribution in [0.4, 0.5) is 0 Å². The van der Waals surface area contributed by atoms with Gasteiger partial charge in [-0.25, -0.2) is 0 Å². The molecule has 0 aliphatic carbocycles. The molecule has 1 amide bonds. The van der Waals surface area contributed by atoms with Crippen LogP contribution in [0.1, 0.15) is 74.6 Å². The van der Waals surface area contributed by atoms with Crippen molar-refractivity contribution in [1.29, 1.82) is 0 Å². The Morgan fingerprint density at radius 2 is 1.75 bits per heavy atom. The summed E-state index contributed by atoms with van der Waals surface area (Å²) >= 11 is 0. The predicted molar refractivity (Wildman–Crippen MR) is 153 cm³/mol. The van der Waals surface area contributed by atoms with Gasteiger partial charge in [0.25, 0.3) is 5.91 Å². The van der Waals surface area contributed by atoms with E-state index in [2.05, 4.69) is 74.3 Å². The Labute approximate surface area is 220 Å². The van der Waals surface area contributed by atoms with Gasteiger partial charge in [0.15, 0.2) is 8.32 Å². The minimum Gasteiger partial charge on any atom is -0.432 e. The van der Waals surface area contributed by atoms with Gasteiger partial charge in [-0.1, -0.05) is 50.2 Å². The Morgan fingerprint density at radius 1 is 1.11 bits per heavy atom. The van der Waals surface area contributed by atoms with Crippen LogP contribution < -0.4 is 5.32 Å². The third kappa shape index (κ3) is 6.46. The van der Waals surface area contributed by atoms with Crippen molar-refractivity contribution in [1.82, 2.24) is 15.1 Å². The molecule has 1 heterocycles. The summed E-state index contributed by atoms with van der Waals surface area (Å²) < 4.78 is 0. The average Bonchev–Trinajstić information content (AvgIpc) is 2.82. The Kier molecular flexibility index (Phi) is 9.20. The van der Waals surface area contributed by atoms with E-state index in [4.69, 9.17) is 0 Å². The van der Waals surface area contributed by atoms with E-state index in [1.165, 1.54) is 16.7 Å². The monoisotopic (exact) mass is 509 g/mol. The van der Waals surface area contributed by atoms with Gasteiger partial charge in [0, 0.05) is 43.8 Å². The van der Waals surface area contributed by atoms with Crippen molar-refractivity contribution < 1.29 is 9.59 Å². The maximum absolute atomic E-state index is 12.9. The number of carbonyl (C=O) groups is 1. The van der Waals surface area contributed by atoms with Crippen LogP contribution in [0.15, 0.2) is 48.5 Å². The number of rotatable bonds is 9. The molecule has 2 N–H and O–H groups in total. The van der Waals surface area contributed by atoms with Crippen molar-refractivity contribution in [3.63, 3.8) is 0 Å². The number of hydrogen-bond acceptors (Lipinski definition) is 4. The zero-order chi connectivity index (χ0) is 26.7. The lowest BCUT2D eigenvalue weighted by molar-refractivity contribution is 0.0773. The summed E-state index contributed by atoms with van der Waals surface area (Å²) in [7, 11) is -2.32. The van der Waals surface area contributed by atoms with E-state index in [9.17, 15) is 9.59 Å². The Balaban J connectivity index is 2.01. The van der Waals surface area contributed by atoms with Crippen LogP contribution in [-0.2, 0) is 6.42 Å². The van der Waals surface area contributed by atoms with Crippen molar-refractivity contribution in [2.24, 2.45) is 0 Å². The molecule has 3 atom stereocenters. The first-order chi connectivity index (χ1) is 16.9. The molecular formula is C30H47N3O2Si. The minimum atomic E-state index is -2.32. The van der Waals surface area contributed by atoms with Gasteiger partial charge in [0.2, 0.25) is 0 Å². The molecule has 1 saturated heterocycles. The van der Waals surface area contributed by atoms with Gasteiger partial charge >= 0.3 is 0 Å². The molecule has 36 heavy (non-hydrogen) atoms. The highest BCUT2D eigenvalue weighted by atomic mass is 28.4.